The van der Waals surface area contributed by atoms with E-state index in [1.54, 1.807) is 0 Å². The highest BCUT2D eigenvalue weighted by atomic mass is 127. The van der Waals surface area contributed by atoms with Crippen LogP contribution >= 0.6 is 34.4 Å². The van der Waals surface area contributed by atoms with Gasteiger partial charge in [0, 0.05) is 14.8 Å². The Morgan fingerprint density at radius 2 is 1.92 bits per heavy atom. The second-order valence-electron chi connectivity index (χ2n) is 5.03. The number of hydrogen-bond acceptors (Lipinski definition) is 5. The number of carbonyl (C=O) groups is 1. The van der Waals surface area contributed by atoms with Crippen molar-refractivity contribution in [2.24, 2.45) is 0 Å². The van der Waals surface area contributed by atoms with Gasteiger partial charge in [-0.25, -0.2) is 0 Å². The Balaban J connectivity index is 1.58. The molecule has 0 aliphatic rings. The van der Waals surface area contributed by atoms with Crippen molar-refractivity contribution in [3.8, 4) is 11.5 Å². The number of aryl methyl sites for hydroxylation is 1. The summed E-state index contributed by atoms with van der Waals surface area (Å²) in [7, 11) is 0. The summed E-state index contributed by atoms with van der Waals surface area (Å²) >= 11 is 3.44. The van der Waals surface area contributed by atoms with Gasteiger partial charge in [-0.2, -0.15) is 0 Å². The first-order valence-electron chi connectivity index (χ1n) is 7.19. The van der Waals surface area contributed by atoms with Crippen LogP contribution in [0.1, 0.15) is 5.56 Å². The van der Waals surface area contributed by atoms with Crippen LogP contribution in [0.15, 0.2) is 58.2 Å². The summed E-state index contributed by atoms with van der Waals surface area (Å²) in [5.74, 6) is 0.562. The fourth-order valence-electron chi connectivity index (χ4n) is 2.05. The molecule has 0 fully saturated rings. The second kappa shape index (κ2) is 7.80. The normalized spacial score (nSPS) is 10.6. The molecule has 0 saturated carbocycles. The van der Waals surface area contributed by atoms with E-state index in [1.807, 2.05) is 55.5 Å². The zero-order chi connectivity index (χ0) is 16.9. The molecule has 0 bridgehead atoms. The molecule has 0 unspecified atom stereocenters. The van der Waals surface area contributed by atoms with E-state index in [0.717, 1.165) is 20.4 Å². The summed E-state index contributed by atoms with van der Waals surface area (Å²) < 4.78 is 6.75. The Kier molecular flexibility index (Phi) is 5.52. The van der Waals surface area contributed by atoms with Crippen molar-refractivity contribution in [3.63, 3.8) is 0 Å². The number of rotatable bonds is 5. The average molecular weight is 451 g/mol. The Hall–Kier alpha value is -1.87. The lowest BCUT2D eigenvalue weighted by Gasteiger charge is -2.03. The highest BCUT2D eigenvalue weighted by Crippen LogP contribution is 2.25. The Morgan fingerprint density at radius 1 is 1.17 bits per heavy atom. The maximum absolute atomic E-state index is 12.0. The number of benzene rings is 2. The molecule has 5 nitrogen and oxygen atoms in total. The average Bonchev–Trinajstić information content (AvgIpc) is 3.04. The molecular formula is C17H14IN3O2S. The summed E-state index contributed by atoms with van der Waals surface area (Å²) in [5, 5.41) is 11.3. The van der Waals surface area contributed by atoms with Gasteiger partial charge < -0.3 is 9.73 Å². The third-order valence-electron chi connectivity index (χ3n) is 3.24. The zero-order valence-corrected chi connectivity index (χ0v) is 15.8. The zero-order valence-electron chi connectivity index (χ0n) is 12.8. The van der Waals surface area contributed by atoms with E-state index in [1.165, 1.54) is 11.8 Å². The molecule has 0 radical (unpaired) electrons. The van der Waals surface area contributed by atoms with Gasteiger partial charge in [-0.15, -0.1) is 10.2 Å². The molecule has 24 heavy (non-hydrogen) atoms. The van der Waals surface area contributed by atoms with E-state index >= 15 is 0 Å². The van der Waals surface area contributed by atoms with Crippen LogP contribution < -0.4 is 5.32 Å². The van der Waals surface area contributed by atoms with Crippen LogP contribution in [0, 0.1) is 10.5 Å². The van der Waals surface area contributed by atoms with Crippen molar-refractivity contribution in [2.45, 2.75) is 12.1 Å². The molecule has 0 spiro atoms. The maximum atomic E-state index is 12.0. The number of carbonyl (C=O) groups excluding carboxylic acids is 1. The summed E-state index contributed by atoms with van der Waals surface area (Å²) in [6.45, 7) is 1.99. The highest BCUT2D eigenvalue weighted by molar-refractivity contribution is 14.1. The molecule has 1 N–H and O–H groups in total. The second-order valence-corrected chi connectivity index (χ2v) is 7.20. The first-order valence-corrected chi connectivity index (χ1v) is 9.26. The predicted octanol–water partition coefficient (Wildman–Crippen LogP) is 4.38. The summed E-state index contributed by atoms with van der Waals surface area (Å²) in [6.07, 6.45) is 0. The summed E-state index contributed by atoms with van der Waals surface area (Å²) in [4.78, 5) is 12.0. The molecule has 0 aliphatic heterocycles. The summed E-state index contributed by atoms with van der Waals surface area (Å²) in [6, 6.07) is 15.4. The number of amides is 1. The van der Waals surface area contributed by atoms with Crippen molar-refractivity contribution in [2.75, 3.05) is 11.1 Å². The van der Waals surface area contributed by atoms with Crippen molar-refractivity contribution < 1.29 is 9.21 Å². The maximum Gasteiger partial charge on any atom is 0.277 e. The number of aromatic nitrogens is 2. The lowest BCUT2D eigenvalue weighted by molar-refractivity contribution is -0.113. The van der Waals surface area contributed by atoms with Crippen LogP contribution in [0.3, 0.4) is 0 Å². The number of hydrogen-bond donors (Lipinski definition) is 1. The molecule has 1 amide bonds. The molecule has 2 aromatic carbocycles. The van der Waals surface area contributed by atoms with Crippen LogP contribution in [-0.4, -0.2) is 21.9 Å². The first kappa shape index (κ1) is 17.0. The predicted molar refractivity (Wildman–Crippen MR) is 103 cm³/mol. The lowest BCUT2D eigenvalue weighted by atomic mass is 10.1. The molecule has 0 saturated heterocycles. The third kappa shape index (κ3) is 4.35. The van der Waals surface area contributed by atoms with Gasteiger partial charge in [-0.1, -0.05) is 30.0 Å². The third-order valence-corrected chi connectivity index (χ3v) is 4.77. The van der Waals surface area contributed by atoms with Crippen molar-refractivity contribution >= 4 is 45.9 Å². The van der Waals surface area contributed by atoms with Gasteiger partial charge in [0.05, 0.1) is 5.75 Å². The number of nitrogens with zero attached hydrogens (tertiary/aromatic N) is 2. The van der Waals surface area contributed by atoms with E-state index < -0.39 is 0 Å². The number of halogens is 1. The Bertz CT molecular complexity index is 849. The minimum Gasteiger partial charge on any atom is -0.411 e. The SMILES string of the molecule is Cc1ccccc1-c1nnc(SCC(=O)Nc2ccc(I)cc2)o1. The first-order chi connectivity index (χ1) is 11.6. The molecule has 122 valence electrons. The Labute approximate surface area is 157 Å². The molecule has 3 rings (SSSR count). The highest BCUT2D eigenvalue weighted by Gasteiger charge is 2.12. The van der Waals surface area contributed by atoms with Gasteiger partial charge in [-0.3, -0.25) is 4.79 Å². The summed E-state index contributed by atoms with van der Waals surface area (Å²) in [5.41, 5.74) is 2.74. The molecule has 0 atom stereocenters. The van der Waals surface area contributed by atoms with Crippen LogP contribution in [0.2, 0.25) is 0 Å². The van der Waals surface area contributed by atoms with E-state index in [9.17, 15) is 4.79 Å². The topological polar surface area (TPSA) is 68.0 Å². The van der Waals surface area contributed by atoms with E-state index in [-0.39, 0.29) is 11.7 Å². The van der Waals surface area contributed by atoms with E-state index in [4.69, 9.17) is 4.42 Å². The smallest absolute Gasteiger partial charge is 0.277 e. The van der Waals surface area contributed by atoms with E-state index in [2.05, 4.69) is 38.1 Å². The van der Waals surface area contributed by atoms with Gasteiger partial charge in [0.25, 0.3) is 5.22 Å². The van der Waals surface area contributed by atoms with Gasteiger partial charge in [0.15, 0.2) is 0 Å². The van der Waals surface area contributed by atoms with Gasteiger partial charge >= 0.3 is 0 Å². The number of nitrogens with one attached hydrogen (secondary N) is 1. The van der Waals surface area contributed by atoms with Crippen LogP contribution in [0.4, 0.5) is 5.69 Å². The Morgan fingerprint density at radius 3 is 2.67 bits per heavy atom. The van der Waals surface area contributed by atoms with E-state index in [0.29, 0.717) is 11.1 Å². The molecule has 0 aliphatic carbocycles. The number of anilines is 1. The van der Waals surface area contributed by atoms with Crippen LogP contribution in [-0.2, 0) is 4.79 Å². The minimum absolute atomic E-state index is 0.114. The molecule has 7 heteroatoms. The quantitative estimate of drug-likeness (QED) is 0.461. The standard InChI is InChI=1S/C17H14IN3O2S/c1-11-4-2-3-5-14(11)16-20-21-17(23-16)24-10-15(22)19-13-8-6-12(18)7-9-13/h2-9H,10H2,1H3,(H,19,22). The molecule has 1 heterocycles. The lowest BCUT2D eigenvalue weighted by Crippen LogP contribution is -2.13. The fourth-order valence-corrected chi connectivity index (χ4v) is 2.97. The largest absolute Gasteiger partial charge is 0.411 e. The van der Waals surface area contributed by atoms with Crippen LogP contribution in [0.25, 0.3) is 11.5 Å². The number of thioether (sulfide) groups is 1. The van der Waals surface area contributed by atoms with Gasteiger partial charge in [-0.05, 0) is 65.4 Å². The molecule has 3 aromatic rings. The van der Waals surface area contributed by atoms with Gasteiger partial charge in [0.2, 0.25) is 11.8 Å². The fraction of sp³-hybridized carbons (Fsp3) is 0.118. The monoisotopic (exact) mass is 451 g/mol. The minimum atomic E-state index is -0.114. The van der Waals surface area contributed by atoms with Crippen molar-refractivity contribution in [1.29, 1.82) is 0 Å². The van der Waals surface area contributed by atoms with Gasteiger partial charge in [0.1, 0.15) is 0 Å². The van der Waals surface area contributed by atoms with Crippen molar-refractivity contribution in [1.82, 2.24) is 10.2 Å². The molecular weight excluding hydrogens is 437 g/mol. The molecule has 1 aromatic heterocycles. The van der Waals surface area contributed by atoms with Crippen LogP contribution in [0.5, 0.6) is 0 Å². The van der Waals surface area contributed by atoms with Crippen molar-refractivity contribution in [3.05, 3.63) is 57.7 Å².